The minimum atomic E-state index is -0.255. The number of nitrogens with zero attached hydrogens (tertiary/aromatic N) is 2. The van der Waals surface area contributed by atoms with Crippen molar-refractivity contribution in [3.63, 3.8) is 0 Å². The normalized spacial score (nSPS) is 14.4. The second-order valence-electron chi connectivity index (χ2n) is 5.01. The molecule has 0 heterocycles. The van der Waals surface area contributed by atoms with Gasteiger partial charge in [0, 0.05) is 32.8 Å². The molecule has 0 unspecified atom stereocenters. The van der Waals surface area contributed by atoms with Crippen LogP contribution >= 0.6 is 0 Å². The molecule has 1 amide bonds. The van der Waals surface area contributed by atoms with E-state index < -0.39 is 0 Å². The number of amides is 1. The highest BCUT2D eigenvalue weighted by Crippen LogP contribution is 2.26. The van der Waals surface area contributed by atoms with Crippen LogP contribution in [0.2, 0.25) is 0 Å². The average molecular weight is 286 g/mol. The second-order valence-corrected chi connectivity index (χ2v) is 5.01. The molecule has 0 bridgehead atoms. The van der Waals surface area contributed by atoms with Crippen LogP contribution in [0, 0.1) is 0 Å². The average Bonchev–Trinajstić information content (AvgIpc) is 3.26. The fourth-order valence-electron chi connectivity index (χ4n) is 2.15. The molecule has 1 rings (SSSR count). The summed E-state index contributed by atoms with van der Waals surface area (Å²) in [4.78, 5) is 27.4. The second kappa shape index (κ2) is 8.92. The first-order valence-corrected chi connectivity index (χ1v) is 7.19. The Labute approximate surface area is 121 Å². The number of hydrogen-bond acceptors (Lipinski definition) is 5. The van der Waals surface area contributed by atoms with E-state index in [2.05, 4.69) is 4.74 Å². The van der Waals surface area contributed by atoms with Crippen molar-refractivity contribution in [3.05, 3.63) is 0 Å². The van der Waals surface area contributed by atoms with Crippen LogP contribution in [-0.2, 0) is 19.1 Å². The molecule has 116 valence electrons. The van der Waals surface area contributed by atoms with E-state index in [1.165, 1.54) is 7.11 Å². The number of methoxy groups -OCH3 is 2. The molecule has 6 nitrogen and oxygen atoms in total. The number of likely N-dealkylation sites (N-methyl/N-ethyl adjacent to an activating group) is 1. The summed E-state index contributed by atoms with van der Waals surface area (Å²) >= 11 is 0. The summed E-state index contributed by atoms with van der Waals surface area (Å²) in [6, 6.07) is 0.428. The van der Waals surface area contributed by atoms with E-state index in [9.17, 15) is 9.59 Å². The van der Waals surface area contributed by atoms with E-state index in [0.29, 0.717) is 38.7 Å². The number of carbonyl (C=O) groups is 2. The standard InChI is InChI=1S/C14H26N2O4/c1-4-16(12-5-6-12)13(17)11-15(9-10-19-2)8-7-14(18)20-3/h12H,4-11H2,1-3H3. The molecular formula is C14H26N2O4. The van der Waals surface area contributed by atoms with Crippen LogP contribution in [0.1, 0.15) is 26.2 Å². The minimum absolute atomic E-state index is 0.135. The number of hydrogen-bond donors (Lipinski definition) is 0. The van der Waals surface area contributed by atoms with Crippen molar-refractivity contribution in [1.29, 1.82) is 0 Å². The van der Waals surface area contributed by atoms with Crippen LogP contribution in [0.25, 0.3) is 0 Å². The summed E-state index contributed by atoms with van der Waals surface area (Å²) < 4.78 is 9.69. The third-order valence-corrected chi connectivity index (χ3v) is 3.48. The zero-order chi connectivity index (χ0) is 15.0. The van der Waals surface area contributed by atoms with Crippen LogP contribution in [-0.4, -0.2) is 74.7 Å². The first kappa shape index (κ1) is 16.9. The van der Waals surface area contributed by atoms with Crippen molar-refractivity contribution in [2.24, 2.45) is 0 Å². The quantitative estimate of drug-likeness (QED) is 0.548. The molecule has 0 aliphatic heterocycles. The van der Waals surface area contributed by atoms with Gasteiger partial charge in [0.2, 0.25) is 5.91 Å². The first-order valence-electron chi connectivity index (χ1n) is 7.19. The van der Waals surface area contributed by atoms with Crippen molar-refractivity contribution in [2.45, 2.75) is 32.2 Å². The van der Waals surface area contributed by atoms with Gasteiger partial charge in [-0.2, -0.15) is 0 Å². The molecule has 0 N–H and O–H groups in total. The Morgan fingerprint density at radius 3 is 2.40 bits per heavy atom. The third-order valence-electron chi connectivity index (χ3n) is 3.48. The predicted molar refractivity (Wildman–Crippen MR) is 75.4 cm³/mol. The molecule has 0 aromatic rings. The molecule has 1 aliphatic rings. The molecular weight excluding hydrogens is 260 g/mol. The first-order chi connectivity index (χ1) is 9.62. The molecule has 0 radical (unpaired) electrons. The van der Waals surface area contributed by atoms with E-state index in [1.54, 1.807) is 7.11 Å². The zero-order valence-electron chi connectivity index (χ0n) is 12.8. The largest absolute Gasteiger partial charge is 0.469 e. The minimum Gasteiger partial charge on any atom is -0.469 e. The maximum atomic E-state index is 12.3. The monoisotopic (exact) mass is 286 g/mol. The van der Waals surface area contributed by atoms with Gasteiger partial charge >= 0.3 is 5.97 Å². The maximum Gasteiger partial charge on any atom is 0.306 e. The zero-order valence-corrected chi connectivity index (χ0v) is 12.8. The molecule has 6 heteroatoms. The van der Waals surface area contributed by atoms with Crippen LogP contribution in [0.3, 0.4) is 0 Å². The Balaban J connectivity index is 2.44. The van der Waals surface area contributed by atoms with E-state index in [0.717, 1.165) is 19.4 Å². The highest BCUT2D eigenvalue weighted by Gasteiger charge is 2.31. The van der Waals surface area contributed by atoms with Gasteiger partial charge in [-0.25, -0.2) is 0 Å². The van der Waals surface area contributed by atoms with Crippen molar-refractivity contribution in [3.8, 4) is 0 Å². The van der Waals surface area contributed by atoms with E-state index in [-0.39, 0.29) is 11.9 Å². The lowest BCUT2D eigenvalue weighted by atomic mass is 10.3. The number of carbonyl (C=O) groups excluding carboxylic acids is 2. The summed E-state index contributed by atoms with van der Waals surface area (Å²) in [5.41, 5.74) is 0. The summed E-state index contributed by atoms with van der Waals surface area (Å²) in [6.45, 7) is 4.79. The van der Waals surface area contributed by atoms with Crippen LogP contribution < -0.4 is 0 Å². The van der Waals surface area contributed by atoms with E-state index >= 15 is 0 Å². The van der Waals surface area contributed by atoms with Crippen molar-refractivity contribution >= 4 is 11.9 Å². The molecule has 0 aromatic carbocycles. The topological polar surface area (TPSA) is 59.1 Å². The fourth-order valence-corrected chi connectivity index (χ4v) is 2.15. The van der Waals surface area contributed by atoms with Gasteiger partial charge < -0.3 is 14.4 Å². The lowest BCUT2D eigenvalue weighted by molar-refractivity contribution is -0.142. The summed E-state index contributed by atoms with van der Waals surface area (Å²) in [5.74, 6) is -0.120. The number of esters is 1. The van der Waals surface area contributed by atoms with Gasteiger partial charge in [0.15, 0.2) is 0 Å². The fraction of sp³-hybridized carbons (Fsp3) is 0.857. The smallest absolute Gasteiger partial charge is 0.306 e. The van der Waals surface area contributed by atoms with Crippen LogP contribution in [0.4, 0.5) is 0 Å². The number of ether oxygens (including phenoxy) is 2. The molecule has 0 spiro atoms. The molecule has 0 saturated heterocycles. The van der Waals surface area contributed by atoms with E-state index in [4.69, 9.17) is 4.74 Å². The summed E-state index contributed by atoms with van der Waals surface area (Å²) in [7, 11) is 3.00. The number of rotatable bonds is 10. The van der Waals surface area contributed by atoms with Gasteiger partial charge in [-0.1, -0.05) is 0 Å². The molecule has 0 atom stereocenters. The van der Waals surface area contributed by atoms with Crippen molar-refractivity contribution in [1.82, 2.24) is 9.80 Å². The summed E-state index contributed by atoms with van der Waals surface area (Å²) in [6.07, 6.45) is 2.52. The van der Waals surface area contributed by atoms with Crippen molar-refractivity contribution < 1.29 is 19.1 Å². The Hall–Kier alpha value is -1.14. The molecule has 20 heavy (non-hydrogen) atoms. The van der Waals surface area contributed by atoms with Gasteiger partial charge in [0.25, 0.3) is 0 Å². The Morgan fingerprint density at radius 2 is 1.90 bits per heavy atom. The Bertz CT molecular complexity index is 318. The summed E-state index contributed by atoms with van der Waals surface area (Å²) in [5, 5.41) is 0. The Morgan fingerprint density at radius 1 is 1.20 bits per heavy atom. The lowest BCUT2D eigenvalue weighted by Gasteiger charge is -2.26. The van der Waals surface area contributed by atoms with Gasteiger partial charge in [-0.3, -0.25) is 14.5 Å². The maximum absolute atomic E-state index is 12.3. The van der Waals surface area contributed by atoms with E-state index in [1.807, 2.05) is 16.7 Å². The highest BCUT2D eigenvalue weighted by atomic mass is 16.5. The Kier molecular flexibility index (Phi) is 7.54. The molecule has 1 fully saturated rings. The highest BCUT2D eigenvalue weighted by molar-refractivity contribution is 5.79. The van der Waals surface area contributed by atoms with Gasteiger partial charge in [-0.05, 0) is 19.8 Å². The van der Waals surface area contributed by atoms with Crippen molar-refractivity contribution in [2.75, 3.05) is 47.0 Å². The molecule has 0 aromatic heterocycles. The predicted octanol–water partition coefficient (Wildman–Crippen LogP) is 0.509. The van der Waals surface area contributed by atoms with Crippen LogP contribution in [0.5, 0.6) is 0 Å². The molecule has 1 saturated carbocycles. The lowest BCUT2D eigenvalue weighted by Crippen LogP contribution is -2.43. The van der Waals surface area contributed by atoms with Gasteiger partial charge in [0.1, 0.15) is 0 Å². The third kappa shape index (κ3) is 5.88. The SMILES string of the molecule is CCN(C(=O)CN(CCOC)CCC(=O)OC)C1CC1. The van der Waals surface area contributed by atoms with Gasteiger partial charge in [-0.15, -0.1) is 0 Å². The van der Waals surface area contributed by atoms with Gasteiger partial charge in [0.05, 0.1) is 26.7 Å². The van der Waals surface area contributed by atoms with Crippen LogP contribution in [0.15, 0.2) is 0 Å². The molecule has 1 aliphatic carbocycles.